The molecule has 5 heteroatoms. The molecule has 2 amide bonds. The summed E-state index contributed by atoms with van der Waals surface area (Å²) >= 11 is 0. The first-order valence-electron chi connectivity index (χ1n) is 5.87. The van der Waals surface area contributed by atoms with Gasteiger partial charge in [-0.25, -0.2) is 0 Å². The van der Waals surface area contributed by atoms with Crippen LogP contribution in [0.5, 0.6) is 0 Å². The molecular weight excluding hydrogens is 232 g/mol. The molecule has 0 saturated heterocycles. The minimum Gasteiger partial charge on any atom is -0.396 e. The highest BCUT2D eigenvalue weighted by atomic mass is 16.3. The van der Waals surface area contributed by atoms with Crippen molar-refractivity contribution in [3.8, 4) is 0 Å². The number of imide groups is 1. The Morgan fingerprint density at radius 2 is 1.94 bits per heavy atom. The van der Waals surface area contributed by atoms with Gasteiger partial charge in [0.25, 0.3) is 11.8 Å². The van der Waals surface area contributed by atoms with Crippen molar-refractivity contribution in [2.75, 3.05) is 13.2 Å². The highest BCUT2D eigenvalue weighted by Gasteiger charge is 2.38. The van der Waals surface area contributed by atoms with Gasteiger partial charge in [-0.3, -0.25) is 19.5 Å². The zero-order valence-corrected chi connectivity index (χ0v) is 10.5. The largest absolute Gasteiger partial charge is 0.396 e. The van der Waals surface area contributed by atoms with Gasteiger partial charge in [-0.1, -0.05) is 13.8 Å². The van der Waals surface area contributed by atoms with E-state index in [2.05, 4.69) is 4.98 Å². The van der Waals surface area contributed by atoms with Crippen LogP contribution in [0.3, 0.4) is 0 Å². The number of hydrogen-bond acceptors (Lipinski definition) is 4. The predicted molar refractivity (Wildman–Crippen MR) is 65.1 cm³/mol. The Labute approximate surface area is 105 Å². The zero-order valence-electron chi connectivity index (χ0n) is 10.5. The van der Waals surface area contributed by atoms with Crippen LogP contribution in [-0.4, -0.2) is 40.0 Å². The summed E-state index contributed by atoms with van der Waals surface area (Å²) in [6.45, 7) is 4.19. The number of aromatic nitrogens is 1. The number of nitrogens with zero attached hydrogens (tertiary/aromatic N) is 2. The molecule has 2 heterocycles. The van der Waals surface area contributed by atoms with Gasteiger partial charge in [0, 0.05) is 25.5 Å². The Morgan fingerprint density at radius 3 is 2.56 bits per heavy atom. The highest BCUT2D eigenvalue weighted by molar-refractivity contribution is 6.21. The fraction of sp³-hybridized carbons (Fsp3) is 0.462. The van der Waals surface area contributed by atoms with Gasteiger partial charge in [0.1, 0.15) is 0 Å². The topological polar surface area (TPSA) is 70.5 Å². The van der Waals surface area contributed by atoms with E-state index < -0.39 is 0 Å². The normalized spacial score (nSPS) is 15.2. The number of carbonyl (C=O) groups is 2. The zero-order chi connectivity index (χ0) is 13.3. The molecular formula is C13H16N2O3. The molecule has 0 radical (unpaired) electrons. The van der Waals surface area contributed by atoms with Gasteiger partial charge in [0.2, 0.25) is 0 Å². The third-order valence-electron chi connectivity index (χ3n) is 3.15. The monoisotopic (exact) mass is 248 g/mol. The Kier molecular flexibility index (Phi) is 3.17. The number of carbonyl (C=O) groups excluding carboxylic acids is 2. The lowest BCUT2D eigenvalue weighted by Crippen LogP contribution is -2.38. The van der Waals surface area contributed by atoms with Crippen LogP contribution in [0.4, 0.5) is 0 Å². The molecule has 0 aliphatic carbocycles. The average Bonchev–Trinajstić information content (AvgIpc) is 2.55. The molecule has 96 valence electrons. The summed E-state index contributed by atoms with van der Waals surface area (Å²) in [5.41, 5.74) is 0.479. The van der Waals surface area contributed by atoms with Crippen LogP contribution in [0.1, 0.15) is 41.0 Å². The second-order valence-electron chi connectivity index (χ2n) is 5.26. The third-order valence-corrected chi connectivity index (χ3v) is 3.15. The summed E-state index contributed by atoms with van der Waals surface area (Å²) in [5, 5.41) is 8.98. The van der Waals surface area contributed by atoms with Crippen LogP contribution < -0.4 is 0 Å². The van der Waals surface area contributed by atoms with E-state index in [4.69, 9.17) is 5.11 Å². The molecule has 0 unspecified atom stereocenters. The van der Waals surface area contributed by atoms with Gasteiger partial charge in [-0.05, 0) is 17.9 Å². The van der Waals surface area contributed by atoms with Crippen molar-refractivity contribution < 1.29 is 14.7 Å². The first-order chi connectivity index (χ1) is 8.46. The molecule has 1 aromatic heterocycles. The second-order valence-corrected chi connectivity index (χ2v) is 5.26. The number of aliphatic hydroxyl groups is 1. The van der Waals surface area contributed by atoms with E-state index in [0.717, 1.165) is 0 Å². The van der Waals surface area contributed by atoms with Gasteiger partial charge in [0.05, 0.1) is 11.1 Å². The molecule has 1 aromatic rings. The van der Waals surface area contributed by atoms with E-state index in [9.17, 15) is 9.59 Å². The van der Waals surface area contributed by atoms with Crippen molar-refractivity contribution in [3.05, 3.63) is 29.6 Å². The molecule has 1 aliphatic heterocycles. The number of hydrogen-bond donors (Lipinski definition) is 1. The number of rotatable bonds is 4. The van der Waals surface area contributed by atoms with E-state index in [0.29, 0.717) is 24.1 Å². The summed E-state index contributed by atoms with van der Waals surface area (Å²) < 4.78 is 0. The van der Waals surface area contributed by atoms with Crippen molar-refractivity contribution in [2.24, 2.45) is 5.41 Å². The maximum Gasteiger partial charge on any atom is 0.263 e. The van der Waals surface area contributed by atoms with Crippen molar-refractivity contribution >= 4 is 11.8 Å². The Hall–Kier alpha value is -1.75. The van der Waals surface area contributed by atoms with Crippen molar-refractivity contribution in [2.45, 2.75) is 20.3 Å². The maximum absolute atomic E-state index is 12.1. The Balaban J connectivity index is 2.24. The lowest BCUT2D eigenvalue weighted by molar-refractivity contribution is 0.0568. The van der Waals surface area contributed by atoms with Crippen LogP contribution >= 0.6 is 0 Å². The predicted octanol–water partition coefficient (Wildman–Crippen LogP) is 1.09. The molecule has 18 heavy (non-hydrogen) atoms. The summed E-state index contributed by atoms with van der Waals surface area (Å²) in [5.74, 6) is -0.572. The van der Waals surface area contributed by atoms with Gasteiger partial charge in [0.15, 0.2) is 0 Å². The van der Waals surface area contributed by atoms with Crippen LogP contribution in [0.15, 0.2) is 18.5 Å². The molecule has 0 spiro atoms. The number of aliphatic hydroxyl groups excluding tert-OH is 1. The van der Waals surface area contributed by atoms with Gasteiger partial charge in [-0.2, -0.15) is 0 Å². The van der Waals surface area contributed by atoms with Crippen LogP contribution in [0.2, 0.25) is 0 Å². The molecule has 0 aromatic carbocycles. The lowest BCUT2D eigenvalue weighted by Gasteiger charge is -2.28. The van der Waals surface area contributed by atoms with Crippen LogP contribution in [-0.2, 0) is 0 Å². The SMILES string of the molecule is CC(C)(CCO)CN1C(=O)c2ccncc2C1=O. The van der Waals surface area contributed by atoms with E-state index in [1.54, 1.807) is 6.07 Å². The molecule has 5 nitrogen and oxygen atoms in total. The Morgan fingerprint density at radius 1 is 1.28 bits per heavy atom. The first kappa shape index (κ1) is 12.7. The average molecular weight is 248 g/mol. The van der Waals surface area contributed by atoms with E-state index in [1.807, 2.05) is 13.8 Å². The molecule has 1 aliphatic rings. The van der Waals surface area contributed by atoms with Crippen LogP contribution in [0, 0.1) is 5.41 Å². The van der Waals surface area contributed by atoms with E-state index in [1.165, 1.54) is 17.3 Å². The minimum absolute atomic E-state index is 0.0394. The van der Waals surface area contributed by atoms with Gasteiger partial charge < -0.3 is 5.11 Å². The fourth-order valence-electron chi connectivity index (χ4n) is 2.09. The standard InChI is InChI=1S/C13H16N2O3/c1-13(2,4-6-16)8-15-11(17)9-3-5-14-7-10(9)12(15)18/h3,5,7,16H,4,6,8H2,1-2H3. The summed E-state index contributed by atoms with van der Waals surface area (Å²) in [6.07, 6.45) is 3.47. The number of amides is 2. The quantitative estimate of drug-likeness (QED) is 0.810. The van der Waals surface area contributed by atoms with Gasteiger partial charge >= 0.3 is 0 Å². The van der Waals surface area contributed by atoms with Gasteiger partial charge in [-0.15, -0.1) is 0 Å². The van der Waals surface area contributed by atoms with Crippen molar-refractivity contribution in [3.63, 3.8) is 0 Å². The lowest BCUT2D eigenvalue weighted by atomic mass is 9.89. The first-order valence-corrected chi connectivity index (χ1v) is 5.87. The molecule has 0 atom stereocenters. The molecule has 0 saturated carbocycles. The smallest absolute Gasteiger partial charge is 0.263 e. The number of pyridine rings is 1. The maximum atomic E-state index is 12.1. The third kappa shape index (κ3) is 2.13. The molecule has 1 N–H and O–H groups in total. The molecule has 2 rings (SSSR count). The Bertz CT molecular complexity index is 462. The summed E-state index contributed by atoms with van der Waals surface area (Å²) in [7, 11) is 0. The second kappa shape index (κ2) is 4.49. The van der Waals surface area contributed by atoms with E-state index >= 15 is 0 Å². The van der Waals surface area contributed by atoms with Crippen molar-refractivity contribution in [1.29, 1.82) is 0 Å². The minimum atomic E-state index is -0.297. The summed E-state index contributed by atoms with van der Waals surface area (Å²) in [4.78, 5) is 29.3. The van der Waals surface area contributed by atoms with Crippen molar-refractivity contribution in [1.82, 2.24) is 9.88 Å². The molecule has 0 fully saturated rings. The summed E-state index contributed by atoms with van der Waals surface area (Å²) in [6, 6.07) is 1.56. The van der Waals surface area contributed by atoms with E-state index in [-0.39, 0.29) is 23.8 Å². The highest BCUT2D eigenvalue weighted by Crippen LogP contribution is 2.28. The molecule has 0 bridgehead atoms. The van der Waals surface area contributed by atoms with Crippen LogP contribution in [0.25, 0.3) is 0 Å². The fourth-order valence-corrected chi connectivity index (χ4v) is 2.09. The number of fused-ring (bicyclic) bond motifs is 1.